The van der Waals surface area contributed by atoms with Crippen LogP contribution >= 0.6 is 0 Å². The van der Waals surface area contributed by atoms with Crippen LogP contribution in [0.3, 0.4) is 0 Å². The number of benzene rings is 1. The summed E-state index contributed by atoms with van der Waals surface area (Å²) in [5, 5.41) is 3.10. The maximum Gasteiger partial charge on any atom is 0.220 e. The standard InChI is InChI=1S/C17H26N2O/c1-14-5-3-4-6-16(14)7-8-17(20)18-13-15-9-11-19(2)12-10-15/h3-6,15H,7-13H2,1-2H3,(H,18,20). The second kappa shape index (κ2) is 7.44. The van der Waals surface area contributed by atoms with E-state index in [2.05, 4.69) is 36.3 Å². The Bertz CT molecular complexity index is 436. The van der Waals surface area contributed by atoms with Gasteiger partial charge in [-0.1, -0.05) is 24.3 Å². The lowest BCUT2D eigenvalue weighted by Crippen LogP contribution is -2.36. The number of rotatable bonds is 5. The number of hydrogen-bond donors (Lipinski definition) is 1. The molecule has 1 amide bonds. The molecule has 1 aromatic carbocycles. The lowest BCUT2D eigenvalue weighted by atomic mass is 9.97. The van der Waals surface area contributed by atoms with Gasteiger partial charge in [0, 0.05) is 13.0 Å². The van der Waals surface area contributed by atoms with E-state index in [0.29, 0.717) is 12.3 Å². The van der Waals surface area contributed by atoms with Gasteiger partial charge in [-0.05, 0) is 63.4 Å². The highest BCUT2D eigenvalue weighted by Crippen LogP contribution is 2.15. The Labute approximate surface area is 122 Å². The Morgan fingerprint density at radius 2 is 2.00 bits per heavy atom. The molecule has 0 radical (unpaired) electrons. The van der Waals surface area contributed by atoms with Gasteiger partial charge >= 0.3 is 0 Å². The first-order valence-corrected chi connectivity index (χ1v) is 7.65. The van der Waals surface area contributed by atoms with Crippen LogP contribution in [0.1, 0.15) is 30.4 Å². The molecule has 0 spiro atoms. The highest BCUT2D eigenvalue weighted by molar-refractivity contribution is 5.76. The highest BCUT2D eigenvalue weighted by Gasteiger charge is 2.17. The normalized spacial score (nSPS) is 17.1. The topological polar surface area (TPSA) is 32.3 Å². The molecular formula is C17H26N2O. The van der Waals surface area contributed by atoms with E-state index in [0.717, 1.165) is 26.1 Å². The number of amides is 1. The Hall–Kier alpha value is -1.35. The third kappa shape index (κ3) is 4.64. The fraction of sp³-hybridized carbons (Fsp3) is 0.588. The minimum absolute atomic E-state index is 0.187. The summed E-state index contributed by atoms with van der Waals surface area (Å²) in [4.78, 5) is 14.3. The Kier molecular flexibility index (Phi) is 5.60. The molecule has 110 valence electrons. The van der Waals surface area contributed by atoms with Crippen molar-refractivity contribution >= 4 is 5.91 Å². The maximum absolute atomic E-state index is 11.9. The zero-order valence-corrected chi connectivity index (χ0v) is 12.7. The van der Waals surface area contributed by atoms with Crippen molar-refractivity contribution < 1.29 is 4.79 Å². The van der Waals surface area contributed by atoms with Crippen LogP contribution in [0.15, 0.2) is 24.3 Å². The van der Waals surface area contributed by atoms with Crippen LogP contribution in [-0.4, -0.2) is 37.5 Å². The van der Waals surface area contributed by atoms with Crippen molar-refractivity contribution in [2.24, 2.45) is 5.92 Å². The number of carbonyl (C=O) groups excluding carboxylic acids is 1. The van der Waals surface area contributed by atoms with Crippen LogP contribution in [0, 0.1) is 12.8 Å². The molecule has 1 aliphatic rings. The van der Waals surface area contributed by atoms with Gasteiger partial charge in [0.2, 0.25) is 5.91 Å². The predicted molar refractivity (Wildman–Crippen MR) is 82.7 cm³/mol. The average Bonchev–Trinajstić information content (AvgIpc) is 2.46. The van der Waals surface area contributed by atoms with Gasteiger partial charge in [-0.25, -0.2) is 0 Å². The molecule has 0 bridgehead atoms. The fourth-order valence-electron chi connectivity index (χ4n) is 2.75. The van der Waals surface area contributed by atoms with Gasteiger partial charge in [-0.15, -0.1) is 0 Å². The quantitative estimate of drug-likeness (QED) is 0.894. The van der Waals surface area contributed by atoms with Gasteiger partial charge in [-0.2, -0.15) is 0 Å². The lowest BCUT2D eigenvalue weighted by molar-refractivity contribution is -0.121. The summed E-state index contributed by atoms with van der Waals surface area (Å²) >= 11 is 0. The summed E-state index contributed by atoms with van der Waals surface area (Å²) < 4.78 is 0. The van der Waals surface area contributed by atoms with E-state index in [9.17, 15) is 4.79 Å². The van der Waals surface area contributed by atoms with E-state index in [1.807, 2.05) is 12.1 Å². The van der Waals surface area contributed by atoms with E-state index in [1.165, 1.54) is 24.0 Å². The predicted octanol–water partition coefficient (Wildman–Crippen LogP) is 2.39. The molecule has 3 nitrogen and oxygen atoms in total. The van der Waals surface area contributed by atoms with Crippen LogP contribution < -0.4 is 5.32 Å². The van der Waals surface area contributed by atoms with Gasteiger partial charge in [0.05, 0.1) is 0 Å². The van der Waals surface area contributed by atoms with Crippen molar-refractivity contribution in [2.75, 3.05) is 26.7 Å². The van der Waals surface area contributed by atoms with E-state index in [1.54, 1.807) is 0 Å². The molecule has 1 heterocycles. The summed E-state index contributed by atoms with van der Waals surface area (Å²) in [6.45, 7) is 5.26. The van der Waals surface area contributed by atoms with Crippen molar-refractivity contribution in [2.45, 2.75) is 32.6 Å². The summed E-state index contributed by atoms with van der Waals surface area (Å²) in [5.74, 6) is 0.848. The fourth-order valence-corrected chi connectivity index (χ4v) is 2.75. The van der Waals surface area contributed by atoms with Crippen molar-refractivity contribution in [3.63, 3.8) is 0 Å². The Morgan fingerprint density at radius 1 is 1.30 bits per heavy atom. The number of piperidine rings is 1. The minimum atomic E-state index is 0.187. The summed E-state index contributed by atoms with van der Waals surface area (Å²) in [5.41, 5.74) is 2.55. The first kappa shape index (κ1) is 15.0. The number of hydrogen-bond acceptors (Lipinski definition) is 2. The summed E-state index contributed by atoms with van der Waals surface area (Å²) in [6.07, 6.45) is 3.84. The van der Waals surface area contributed by atoms with Gasteiger partial charge in [0.1, 0.15) is 0 Å². The van der Waals surface area contributed by atoms with Gasteiger partial charge in [0.15, 0.2) is 0 Å². The Balaban J connectivity index is 1.67. The van der Waals surface area contributed by atoms with E-state index >= 15 is 0 Å². The summed E-state index contributed by atoms with van der Waals surface area (Å²) in [7, 11) is 2.16. The smallest absolute Gasteiger partial charge is 0.220 e. The number of carbonyl (C=O) groups is 1. The molecule has 2 rings (SSSR count). The number of likely N-dealkylation sites (tertiary alicyclic amines) is 1. The molecule has 0 aromatic heterocycles. The highest BCUT2D eigenvalue weighted by atomic mass is 16.1. The van der Waals surface area contributed by atoms with Crippen molar-refractivity contribution in [1.29, 1.82) is 0 Å². The van der Waals surface area contributed by atoms with Crippen LogP contribution in [-0.2, 0) is 11.2 Å². The van der Waals surface area contributed by atoms with Gasteiger partial charge < -0.3 is 10.2 Å². The Morgan fingerprint density at radius 3 is 2.70 bits per heavy atom. The van der Waals surface area contributed by atoms with Crippen LogP contribution in [0.2, 0.25) is 0 Å². The van der Waals surface area contributed by atoms with Crippen molar-refractivity contribution in [1.82, 2.24) is 10.2 Å². The SMILES string of the molecule is Cc1ccccc1CCC(=O)NCC1CCN(C)CC1. The zero-order chi connectivity index (χ0) is 14.4. The van der Waals surface area contributed by atoms with Crippen LogP contribution in [0.5, 0.6) is 0 Å². The van der Waals surface area contributed by atoms with E-state index < -0.39 is 0 Å². The molecule has 0 saturated carbocycles. The van der Waals surface area contributed by atoms with Crippen LogP contribution in [0.25, 0.3) is 0 Å². The second-order valence-electron chi connectivity index (χ2n) is 5.98. The van der Waals surface area contributed by atoms with Crippen molar-refractivity contribution in [3.8, 4) is 0 Å². The molecule has 0 aliphatic carbocycles. The third-order valence-electron chi connectivity index (χ3n) is 4.31. The average molecular weight is 274 g/mol. The number of aryl methyl sites for hydroxylation is 2. The minimum Gasteiger partial charge on any atom is -0.356 e. The molecular weight excluding hydrogens is 248 g/mol. The molecule has 0 unspecified atom stereocenters. The van der Waals surface area contributed by atoms with Crippen molar-refractivity contribution in [3.05, 3.63) is 35.4 Å². The molecule has 1 saturated heterocycles. The molecule has 3 heteroatoms. The van der Waals surface area contributed by atoms with E-state index in [-0.39, 0.29) is 5.91 Å². The summed E-state index contributed by atoms with van der Waals surface area (Å²) in [6, 6.07) is 8.29. The number of nitrogens with one attached hydrogen (secondary N) is 1. The molecule has 1 N–H and O–H groups in total. The van der Waals surface area contributed by atoms with Gasteiger partial charge in [-0.3, -0.25) is 4.79 Å². The van der Waals surface area contributed by atoms with Gasteiger partial charge in [0.25, 0.3) is 0 Å². The molecule has 1 aromatic rings. The molecule has 20 heavy (non-hydrogen) atoms. The zero-order valence-electron chi connectivity index (χ0n) is 12.7. The number of nitrogens with zero attached hydrogens (tertiary/aromatic N) is 1. The molecule has 1 fully saturated rings. The maximum atomic E-state index is 11.9. The monoisotopic (exact) mass is 274 g/mol. The molecule has 0 atom stereocenters. The molecule has 1 aliphatic heterocycles. The van der Waals surface area contributed by atoms with Crippen LogP contribution in [0.4, 0.5) is 0 Å². The first-order chi connectivity index (χ1) is 9.65. The third-order valence-corrected chi connectivity index (χ3v) is 4.31. The first-order valence-electron chi connectivity index (χ1n) is 7.65. The van der Waals surface area contributed by atoms with E-state index in [4.69, 9.17) is 0 Å². The largest absolute Gasteiger partial charge is 0.356 e. The second-order valence-corrected chi connectivity index (χ2v) is 5.98. The lowest BCUT2D eigenvalue weighted by Gasteiger charge is -2.28.